The maximum Gasteiger partial charge on any atom is 0.257 e. The highest BCUT2D eigenvalue weighted by molar-refractivity contribution is 6.34. The van der Waals surface area contributed by atoms with Gasteiger partial charge in [-0.1, -0.05) is 24.4 Å². The van der Waals surface area contributed by atoms with Gasteiger partial charge in [0.1, 0.15) is 5.82 Å². The van der Waals surface area contributed by atoms with E-state index in [1.165, 1.54) is 32.7 Å². The Morgan fingerprint density at radius 3 is 2.37 bits per heavy atom. The maximum atomic E-state index is 12.5. The number of hydrogen-bond donors (Lipinski definition) is 2. The molecule has 0 atom stereocenters. The molecule has 1 saturated heterocycles. The molecule has 0 bridgehead atoms. The van der Waals surface area contributed by atoms with E-state index in [9.17, 15) is 9.59 Å². The molecule has 142 valence electrons. The van der Waals surface area contributed by atoms with Crippen LogP contribution in [0.1, 0.15) is 46.4 Å². The van der Waals surface area contributed by atoms with Crippen molar-refractivity contribution in [3.05, 3.63) is 52.7 Å². The van der Waals surface area contributed by atoms with E-state index in [0.717, 1.165) is 18.9 Å². The van der Waals surface area contributed by atoms with Gasteiger partial charge < -0.3 is 15.5 Å². The van der Waals surface area contributed by atoms with Crippen molar-refractivity contribution in [2.75, 3.05) is 30.4 Å². The number of benzene rings is 1. The minimum Gasteiger partial charge on any atom is -0.357 e. The minimum atomic E-state index is -0.272. The van der Waals surface area contributed by atoms with Gasteiger partial charge in [-0.2, -0.15) is 0 Å². The lowest BCUT2D eigenvalue weighted by atomic mass is 10.2. The van der Waals surface area contributed by atoms with E-state index in [4.69, 9.17) is 11.6 Å². The molecule has 2 aromatic rings. The third kappa shape index (κ3) is 4.77. The van der Waals surface area contributed by atoms with Gasteiger partial charge in [-0.3, -0.25) is 9.59 Å². The molecule has 0 aliphatic carbocycles. The molecular formula is C20H23ClN4O2. The number of nitrogens with zero attached hydrogens (tertiary/aromatic N) is 2. The zero-order valence-corrected chi connectivity index (χ0v) is 16.1. The standard InChI is InChI=1S/C20H23ClN4O2/c1-22-20(27)16-8-7-15(12-17(16)21)24-19(26)14-6-9-18(23-13-14)25-10-4-2-3-5-11-25/h6-9,12-13H,2-5,10-11H2,1H3,(H,22,27)(H,24,26). The van der Waals surface area contributed by atoms with Gasteiger partial charge in [-0.15, -0.1) is 0 Å². The molecule has 3 rings (SSSR count). The van der Waals surface area contributed by atoms with Crippen molar-refractivity contribution in [2.24, 2.45) is 0 Å². The molecule has 2 heterocycles. The Hall–Kier alpha value is -2.60. The summed E-state index contributed by atoms with van der Waals surface area (Å²) in [6.07, 6.45) is 6.47. The summed E-state index contributed by atoms with van der Waals surface area (Å²) in [5.41, 5.74) is 1.36. The quantitative estimate of drug-likeness (QED) is 0.839. The van der Waals surface area contributed by atoms with Crippen LogP contribution in [-0.4, -0.2) is 36.9 Å². The fraction of sp³-hybridized carbons (Fsp3) is 0.350. The lowest BCUT2D eigenvalue weighted by Gasteiger charge is -2.21. The fourth-order valence-electron chi connectivity index (χ4n) is 3.12. The number of nitrogens with one attached hydrogen (secondary N) is 2. The van der Waals surface area contributed by atoms with Crippen LogP contribution >= 0.6 is 11.6 Å². The van der Waals surface area contributed by atoms with Crippen molar-refractivity contribution in [2.45, 2.75) is 25.7 Å². The van der Waals surface area contributed by atoms with Crippen LogP contribution in [0.4, 0.5) is 11.5 Å². The minimum absolute atomic E-state index is 0.270. The molecule has 1 fully saturated rings. The average Bonchev–Trinajstić information content (AvgIpc) is 2.97. The first kappa shape index (κ1) is 19.2. The smallest absolute Gasteiger partial charge is 0.257 e. The number of carbonyl (C=O) groups excluding carboxylic acids is 2. The van der Waals surface area contributed by atoms with Crippen molar-refractivity contribution < 1.29 is 9.59 Å². The molecule has 27 heavy (non-hydrogen) atoms. The molecule has 0 unspecified atom stereocenters. The number of aromatic nitrogens is 1. The van der Waals surface area contributed by atoms with Crippen molar-refractivity contribution in [3.8, 4) is 0 Å². The Kier molecular flexibility index (Phi) is 6.29. The van der Waals surface area contributed by atoms with E-state index >= 15 is 0 Å². The number of amides is 2. The van der Waals surface area contributed by atoms with E-state index in [1.54, 1.807) is 30.5 Å². The van der Waals surface area contributed by atoms with Crippen LogP contribution < -0.4 is 15.5 Å². The van der Waals surface area contributed by atoms with Crippen LogP contribution in [-0.2, 0) is 0 Å². The van der Waals surface area contributed by atoms with Gasteiger partial charge in [0, 0.05) is 32.0 Å². The lowest BCUT2D eigenvalue weighted by molar-refractivity contribution is 0.0962. The molecule has 2 N–H and O–H groups in total. The van der Waals surface area contributed by atoms with E-state index in [0.29, 0.717) is 16.8 Å². The topological polar surface area (TPSA) is 74.3 Å². The van der Waals surface area contributed by atoms with Crippen molar-refractivity contribution in [1.82, 2.24) is 10.3 Å². The van der Waals surface area contributed by atoms with Crippen LogP contribution in [0.3, 0.4) is 0 Å². The molecule has 0 radical (unpaired) electrons. The molecule has 6 nitrogen and oxygen atoms in total. The van der Waals surface area contributed by atoms with E-state index in [2.05, 4.69) is 20.5 Å². The lowest BCUT2D eigenvalue weighted by Crippen LogP contribution is -2.25. The number of pyridine rings is 1. The molecule has 1 aromatic heterocycles. The van der Waals surface area contributed by atoms with Gasteiger partial charge in [0.2, 0.25) is 0 Å². The number of hydrogen-bond acceptors (Lipinski definition) is 4. The van der Waals surface area contributed by atoms with Gasteiger partial charge in [0.25, 0.3) is 11.8 Å². The number of halogens is 1. The normalized spacial score (nSPS) is 14.4. The van der Waals surface area contributed by atoms with E-state index < -0.39 is 0 Å². The summed E-state index contributed by atoms with van der Waals surface area (Å²) < 4.78 is 0. The molecule has 0 saturated carbocycles. The van der Waals surface area contributed by atoms with Gasteiger partial charge in [-0.05, 0) is 43.2 Å². The highest BCUT2D eigenvalue weighted by Crippen LogP contribution is 2.22. The van der Waals surface area contributed by atoms with Gasteiger partial charge >= 0.3 is 0 Å². The molecule has 1 aliphatic heterocycles. The first-order valence-electron chi connectivity index (χ1n) is 9.12. The molecule has 1 aromatic carbocycles. The first-order valence-corrected chi connectivity index (χ1v) is 9.50. The SMILES string of the molecule is CNC(=O)c1ccc(NC(=O)c2ccc(N3CCCCCC3)nc2)cc1Cl. The van der Waals surface area contributed by atoms with Crippen molar-refractivity contribution >= 4 is 34.9 Å². The highest BCUT2D eigenvalue weighted by Gasteiger charge is 2.14. The second-order valence-electron chi connectivity index (χ2n) is 6.53. The summed E-state index contributed by atoms with van der Waals surface area (Å²) in [7, 11) is 1.54. The largest absolute Gasteiger partial charge is 0.357 e. The van der Waals surface area contributed by atoms with Crippen molar-refractivity contribution in [1.29, 1.82) is 0 Å². The van der Waals surface area contributed by atoms with Crippen LogP contribution in [0.2, 0.25) is 5.02 Å². The average molecular weight is 387 g/mol. The number of anilines is 2. The van der Waals surface area contributed by atoms with Gasteiger partial charge in [0.05, 0.1) is 16.1 Å². The highest BCUT2D eigenvalue weighted by atomic mass is 35.5. The Morgan fingerprint density at radius 1 is 1.04 bits per heavy atom. The van der Waals surface area contributed by atoms with Crippen molar-refractivity contribution in [3.63, 3.8) is 0 Å². The third-order valence-electron chi connectivity index (χ3n) is 4.64. The number of carbonyl (C=O) groups is 2. The maximum absolute atomic E-state index is 12.5. The van der Waals surface area contributed by atoms with E-state index in [1.807, 2.05) is 6.07 Å². The molecular weight excluding hydrogens is 364 g/mol. The summed E-state index contributed by atoms with van der Waals surface area (Å²) in [6.45, 7) is 2.02. The summed E-state index contributed by atoms with van der Waals surface area (Å²) in [5.74, 6) is 0.367. The molecule has 7 heteroatoms. The first-order chi connectivity index (χ1) is 13.1. The van der Waals surface area contributed by atoms with Crippen LogP contribution in [0.5, 0.6) is 0 Å². The zero-order valence-electron chi connectivity index (χ0n) is 15.3. The van der Waals surface area contributed by atoms with Crippen LogP contribution in [0.25, 0.3) is 0 Å². The Morgan fingerprint density at radius 2 is 1.78 bits per heavy atom. The second-order valence-corrected chi connectivity index (χ2v) is 6.94. The van der Waals surface area contributed by atoms with E-state index in [-0.39, 0.29) is 16.8 Å². The molecule has 0 spiro atoms. The Balaban J connectivity index is 1.67. The molecule has 1 aliphatic rings. The van der Waals surface area contributed by atoms with Crippen LogP contribution in [0.15, 0.2) is 36.5 Å². The van der Waals surface area contributed by atoms with Crippen LogP contribution in [0, 0.1) is 0 Å². The zero-order chi connectivity index (χ0) is 19.2. The van der Waals surface area contributed by atoms with Gasteiger partial charge in [0.15, 0.2) is 0 Å². The monoisotopic (exact) mass is 386 g/mol. The Labute approximate surface area is 163 Å². The number of rotatable bonds is 4. The second kappa shape index (κ2) is 8.86. The Bertz CT molecular complexity index is 815. The third-order valence-corrected chi connectivity index (χ3v) is 4.95. The predicted molar refractivity (Wildman–Crippen MR) is 108 cm³/mol. The predicted octanol–water partition coefficient (Wildman–Crippen LogP) is 3.73. The van der Waals surface area contributed by atoms with Gasteiger partial charge in [-0.25, -0.2) is 4.98 Å². The summed E-state index contributed by atoms with van der Waals surface area (Å²) in [5, 5.41) is 5.58. The summed E-state index contributed by atoms with van der Waals surface area (Å²) in [6, 6.07) is 8.46. The summed E-state index contributed by atoms with van der Waals surface area (Å²) in [4.78, 5) is 30.9. The molecule has 2 amide bonds. The fourth-order valence-corrected chi connectivity index (χ4v) is 3.39. The summed E-state index contributed by atoms with van der Waals surface area (Å²) >= 11 is 6.12.